The summed E-state index contributed by atoms with van der Waals surface area (Å²) in [5.41, 5.74) is -0.218. The number of rotatable bonds is 5. The molecule has 0 aromatic heterocycles. The van der Waals surface area contributed by atoms with Crippen molar-refractivity contribution in [2.24, 2.45) is 0 Å². The van der Waals surface area contributed by atoms with Crippen LogP contribution in [0.25, 0.3) is 0 Å². The molecule has 116 valence electrons. The Hall–Kier alpha value is -1.21. The lowest BCUT2D eigenvalue weighted by atomic mass is 10.1. The van der Waals surface area contributed by atoms with Gasteiger partial charge in [-0.1, -0.05) is 12.1 Å². The summed E-state index contributed by atoms with van der Waals surface area (Å²) < 4.78 is 38.3. The Morgan fingerprint density at radius 3 is 2.86 bits per heavy atom. The van der Waals surface area contributed by atoms with Crippen molar-refractivity contribution >= 4 is 17.7 Å². The van der Waals surface area contributed by atoms with Crippen LogP contribution >= 0.6 is 11.8 Å². The van der Waals surface area contributed by atoms with Crippen LogP contribution < -0.4 is 5.32 Å². The predicted octanol–water partition coefficient (Wildman–Crippen LogP) is 2.89. The zero-order valence-corrected chi connectivity index (χ0v) is 12.4. The number of hydrogen-bond donors (Lipinski definition) is 1. The summed E-state index contributed by atoms with van der Waals surface area (Å²) in [4.78, 5) is 13.5. The zero-order chi connectivity index (χ0) is 15.5. The topological polar surface area (TPSA) is 32.3 Å². The number of carbonyl (C=O) groups is 1. The molecule has 7 heteroatoms. The third-order valence-corrected chi connectivity index (χ3v) is 4.05. The van der Waals surface area contributed by atoms with Gasteiger partial charge in [0.15, 0.2) is 0 Å². The van der Waals surface area contributed by atoms with Crippen molar-refractivity contribution < 1.29 is 18.0 Å². The van der Waals surface area contributed by atoms with Gasteiger partial charge in [-0.15, -0.1) is 0 Å². The summed E-state index contributed by atoms with van der Waals surface area (Å²) in [5.74, 6) is 0.845. The zero-order valence-electron chi connectivity index (χ0n) is 11.6. The molecule has 1 aliphatic heterocycles. The second kappa shape index (κ2) is 6.70. The van der Waals surface area contributed by atoms with Gasteiger partial charge in [0.25, 0.3) is 0 Å². The smallest absolute Gasteiger partial charge is 0.322 e. The molecule has 0 bridgehead atoms. The van der Waals surface area contributed by atoms with Crippen molar-refractivity contribution in [3.05, 3.63) is 35.4 Å². The fraction of sp³-hybridized carbons (Fsp3) is 0.500. The normalized spacial score (nSPS) is 19.3. The average Bonchev–Trinajstić information content (AvgIpc) is 2.80. The first-order valence-electron chi connectivity index (χ1n) is 6.62. The van der Waals surface area contributed by atoms with E-state index in [2.05, 4.69) is 5.32 Å². The number of alkyl halides is 3. The minimum atomic E-state index is -4.37. The molecule has 1 aromatic rings. The second-order valence-electron chi connectivity index (χ2n) is 4.84. The Morgan fingerprint density at radius 2 is 2.19 bits per heavy atom. The summed E-state index contributed by atoms with van der Waals surface area (Å²) in [6.07, 6.45) is -2.04. The molecule has 2 rings (SSSR count). The highest BCUT2D eigenvalue weighted by atomic mass is 32.2. The molecule has 1 aliphatic rings. The van der Waals surface area contributed by atoms with Crippen LogP contribution in [0.2, 0.25) is 0 Å². The van der Waals surface area contributed by atoms with Crippen LogP contribution in [-0.2, 0) is 11.0 Å². The fourth-order valence-electron chi connectivity index (χ4n) is 2.36. The number of thioether (sulfide) groups is 1. The lowest BCUT2D eigenvalue weighted by molar-refractivity contribution is -0.137. The Balaban J connectivity index is 2.17. The predicted molar refractivity (Wildman–Crippen MR) is 76.9 cm³/mol. The number of hydrogen-bond acceptors (Lipinski definition) is 3. The molecule has 0 spiro atoms. The molecule has 1 unspecified atom stereocenters. The van der Waals surface area contributed by atoms with Crippen LogP contribution in [0.3, 0.4) is 0 Å². The summed E-state index contributed by atoms with van der Waals surface area (Å²) in [7, 11) is 0. The van der Waals surface area contributed by atoms with Crippen LogP contribution in [0.15, 0.2) is 24.3 Å². The molecule has 1 N–H and O–H groups in total. The van der Waals surface area contributed by atoms with Crippen molar-refractivity contribution in [2.45, 2.75) is 18.8 Å². The van der Waals surface area contributed by atoms with Crippen molar-refractivity contribution in [3.63, 3.8) is 0 Å². The molecular formula is C14H17F3N2OS. The molecule has 3 nitrogen and oxygen atoms in total. The number of amides is 1. The minimum absolute atomic E-state index is 0.0708. The summed E-state index contributed by atoms with van der Waals surface area (Å²) >= 11 is 1.68. The Kier molecular flexibility index (Phi) is 5.16. The molecular weight excluding hydrogens is 301 g/mol. The monoisotopic (exact) mass is 318 g/mol. The van der Waals surface area contributed by atoms with Gasteiger partial charge >= 0.3 is 6.18 Å². The largest absolute Gasteiger partial charge is 0.416 e. The van der Waals surface area contributed by atoms with E-state index in [4.69, 9.17) is 0 Å². The van der Waals surface area contributed by atoms with E-state index in [1.165, 1.54) is 6.07 Å². The van der Waals surface area contributed by atoms with E-state index in [9.17, 15) is 18.0 Å². The van der Waals surface area contributed by atoms with Gasteiger partial charge in [-0.3, -0.25) is 10.1 Å². The highest BCUT2D eigenvalue weighted by Crippen LogP contribution is 2.32. The van der Waals surface area contributed by atoms with Gasteiger partial charge in [-0.2, -0.15) is 24.9 Å². The molecule has 1 saturated heterocycles. The molecule has 1 amide bonds. The molecule has 1 atom stereocenters. The Morgan fingerprint density at radius 1 is 1.43 bits per heavy atom. The quantitative estimate of drug-likeness (QED) is 0.847. The lowest BCUT2D eigenvalue weighted by Gasteiger charge is -2.25. The summed E-state index contributed by atoms with van der Waals surface area (Å²) in [6.45, 7) is 0.716. The van der Waals surface area contributed by atoms with Crippen molar-refractivity contribution in [1.82, 2.24) is 10.2 Å². The molecule has 0 aliphatic carbocycles. The van der Waals surface area contributed by atoms with E-state index in [1.807, 2.05) is 6.26 Å². The number of nitrogens with one attached hydrogen (secondary N) is 1. The van der Waals surface area contributed by atoms with Crippen molar-refractivity contribution in [3.8, 4) is 0 Å². The highest BCUT2D eigenvalue weighted by Gasteiger charge is 2.34. The fourth-order valence-corrected chi connectivity index (χ4v) is 2.77. The lowest BCUT2D eigenvalue weighted by Crippen LogP contribution is -2.31. The van der Waals surface area contributed by atoms with Gasteiger partial charge in [0.2, 0.25) is 5.91 Å². The SMILES string of the molecule is CSCCCN1C(=O)CNC1c1cccc(C(F)(F)F)c1. The molecule has 0 radical (unpaired) electrons. The first-order chi connectivity index (χ1) is 9.93. The van der Waals surface area contributed by atoms with Crippen molar-refractivity contribution in [2.75, 3.05) is 25.1 Å². The third-order valence-electron chi connectivity index (χ3n) is 3.36. The van der Waals surface area contributed by atoms with Gasteiger partial charge in [0.05, 0.1) is 12.1 Å². The van der Waals surface area contributed by atoms with Crippen molar-refractivity contribution in [1.29, 1.82) is 0 Å². The van der Waals surface area contributed by atoms with Gasteiger partial charge in [-0.05, 0) is 36.1 Å². The van der Waals surface area contributed by atoms with Crippen LogP contribution in [0, 0.1) is 0 Å². The van der Waals surface area contributed by atoms with Gasteiger partial charge in [0, 0.05) is 6.54 Å². The maximum atomic E-state index is 12.8. The number of benzene rings is 1. The number of halogens is 3. The standard InChI is InChI=1S/C14H17F3N2OS/c1-21-7-3-6-19-12(20)9-18-13(19)10-4-2-5-11(8-10)14(15,16)17/h2,4-5,8,13,18H,3,6-7,9H2,1H3. The summed E-state index contributed by atoms with van der Waals surface area (Å²) in [5, 5.41) is 2.98. The third kappa shape index (κ3) is 3.91. The molecule has 21 heavy (non-hydrogen) atoms. The second-order valence-corrected chi connectivity index (χ2v) is 5.83. The van der Waals surface area contributed by atoms with Crippen LogP contribution in [0.4, 0.5) is 13.2 Å². The van der Waals surface area contributed by atoms with Gasteiger partial charge < -0.3 is 4.90 Å². The Bertz CT molecular complexity index is 507. The van der Waals surface area contributed by atoms with E-state index in [1.54, 1.807) is 22.7 Å². The summed E-state index contributed by atoms with van der Waals surface area (Å²) in [6, 6.07) is 5.14. The Labute approximate surface area is 125 Å². The van der Waals surface area contributed by atoms with Crippen LogP contribution in [0.5, 0.6) is 0 Å². The maximum Gasteiger partial charge on any atom is 0.416 e. The van der Waals surface area contributed by atoms with Crippen LogP contribution in [0.1, 0.15) is 23.7 Å². The van der Waals surface area contributed by atoms with Gasteiger partial charge in [0.1, 0.15) is 6.17 Å². The van der Waals surface area contributed by atoms with E-state index in [-0.39, 0.29) is 12.5 Å². The minimum Gasteiger partial charge on any atom is -0.322 e. The van der Waals surface area contributed by atoms with E-state index < -0.39 is 17.9 Å². The number of carbonyl (C=O) groups excluding carboxylic acids is 1. The van der Waals surface area contributed by atoms with E-state index in [0.29, 0.717) is 12.1 Å². The van der Waals surface area contributed by atoms with E-state index in [0.717, 1.165) is 24.3 Å². The number of nitrogens with zero attached hydrogens (tertiary/aromatic N) is 1. The first kappa shape index (κ1) is 16.2. The molecule has 0 saturated carbocycles. The average molecular weight is 318 g/mol. The van der Waals surface area contributed by atoms with Crippen LogP contribution in [-0.4, -0.2) is 35.9 Å². The van der Waals surface area contributed by atoms with E-state index >= 15 is 0 Å². The highest BCUT2D eigenvalue weighted by molar-refractivity contribution is 7.98. The first-order valence-corrected chi connectivity index (χ1v) is 8.02. The molecule has 1 aromatic carbocycles. The molecule has 1 heterocycles. The van der Waals surface area contributed by atoms with Gasteiger partial charge in [-0.25, -0.2) is 0 Å². The molecule has 1 fully saturated rings. The maximum absolute atomic E-state index is 12.8.